The molecule has 4 aliphatic rings. The second-order valence-corrected chi connectivity index (χ2v) is 10.5. The predicted octanol–water partition coefficient (Wildman–Crippen LogP) is 3.00. The SMILES string of the molecule is CC(=O)O[C@@H]1C(=O)[C@@H](C)[C@]2(CC[C@@]3(CO[C@H](O)C3)O2)[C@@]2(C)CCCC(C)(C)[C@H]12. The Kier molecular flexibility index (Phi) is 4.54. The number of aliphatic hydroxyl groups is 1. The lowest BCUT2D eigenvalue weighted by Crippen LogP contribution is -2.70. The van der Waals surface area contributed by atoms with Crippen molar-refractivity contribution in [3.63, 3.8) is 0 Å². The molecule has 2 heterocycles. The molecule has 2 saturated carbocycles. The highest BCUT2D eigenvalue weighted by molar-refractivity contribution is 5.90. The molecule has 28 heavy (non-hydrogen) atoms. The Bertz CT molecular complexity index is 689. The normalized spacial score (nSPS) is 50.1. The Balaban J connectivity index is 1.80. The monoisotopic (exact) mass is 394 g/mol. The van der Waals surface area contributed by atoms with E-state index in [4.69, 9.17) is 14.2 Å². The molecule has 6 heteroatoms. The molecule has 2 saturated heterocycles. The number of fused-ring (bicyclic) bond motifs is 2. The molecule has 4 fully saturated rings. The molecule has 2 aliphatic heterocycles. The summed E-state index contributed by atoms with van der Waals surface area (Å²) >= 11 is 0. The Morgan fingerprint density at radius 1 is 1.18 bits per heavy atom. The van der Waals surface area contributed by atoms with Crippen molar-refractivity contribution in [2.75, 3.05) is 6.61 Å². The van der Waals surface area contributed by atoms with Crippen LogP contribution in [-0.2, 0) is 23.8 Å². The molecule has 4 rings (SSSR count). The smallest absolute Gasteiger partial charge is 0.303 e. The molecule has 6 nitrogen and oxygen atoms in total. The number of carbonyl (C=O) groups excluding carboxylic acids is 2. The van der Waals surface area contributed by atoms with Gasteiger partial charge in [0.05, 0.1) is 17.8 Å². The van der Waals surface area contributed by atoms with Gasteiger partial charge < -0.3 is 19.3 Å². The van der Waals surface area contributed by atoms with Gasteiger partial charge in [-0.15, -0.1) is 0 Å². The number of Topliss-reactive ketones (excluding diaryl/α,β-unsaturated/α-hetero) is 1. The van der Waals surface area contributed by atoms with Crippen LogP contribution in [0, 0.1) is 22.7 Å². The van der Waals surface area contributed by atoms with Crippen LogP contribution in [0.1, 0.15) is 73.1 Å². The van der Waals surface area contributed by atoms with Gasteiger partial charge in [-0.2, -0.15) is 0 Å². The second-order valence-electron chi connectivity index (χ2n) is 10.5. The van der Waals surface area contributed by atoms with E-state index in [0.29, 0.717) is 13.0 Å². The summed E-state index contributed by atoms with van der Waals surface area (Å²) in [6.07, 6.45) is 3.48. The second kappa shape index (κ2) is 6.26. The van der Waals surface area contributed by atoms with Crippen LogP contribution in [-0.4, -0.2) is 47.1 Å². The van der Waals surface area contributed by atoms with Crippen molar-refractivity contribution in [1.29, 1.82) is 0 Å². The molecule has 2 spiro atoms. The van der Waals surface area contributed by atoms with Gasteiger partial charge >= 0.3 is 5.97 Å². The lowest BCUT2D eigenvalue weighted by Gasteiger charge is -2.64. The average Bonchev–Trinajstić information content (AvgIpc) is 3.14. The molecule has 0 radical (unpaired) electrons. The molecule has 0 aromatic heterocycles. The maximum absolute atomic E-state index is 13.5. The first-order valence-electron chi connectivity index (χ1n) is 10.7. The quantitative estimate of drug-likeness (QED) is 0.689. The maximum Gasteiger partial charge on any atom is 0.303 e. The van der Waals surface area contributed by atoms with E-state index in [0.717, 1.165) is 32.1 Å². The average molecular weight is 395 g/mol. The van der Waals surface area contributed by atoms with E-state index in [2.05, 4.69) is 20.8 Å². The summed E-state index contributed by atoms with van der Waals surface area (Å²) in [5, 5.41) is 9.95. The number of hydrogen-bond donors (Lipinski definition) is 1. The minimum Gasteiger partial charge on any atom is -0.454 e. The lowest BCUT2D eigenvalue weighted by atomic mass is 9.43. The number of aliphatic hydroxyl groups excluding tert-OH is 1. The number of hydrogen-bond acceptors (Lipinski definition) is 6. The van der Waals surface area contributed by atoms with Crippen molar-refractivity contribution in [2.45, 2.75) is 96.7 Å². The molecule has 0 amide bonds. The Morgan fingerprint density at radius 3 is 2.50 bits per heavy atom. The Morgan fingerprint density at radius 2 is 1.89 bits per heavy atom. The molecule has 0 aromatic rings. The first kappa shape index (κ1) is 20.3. The van der Waals surface area contributed by atoms with Crippen LogP contribution >= 0.6 is 0 Å². The van der Waals surface area contributed by atoms with Crippen LogP contribution in [0.2, 0.25) is 0 Å². The summed E-state index contributed by atoms with van der Waals surface area (Å²) in [6.45, 7) is 10.3. The number of ether oxygens (including phenoxy) is 3. The van der Waals surface area contributed by atoms with Crippen LogP contribution in [0.4, 0.5) is 0 Å². The van der Waals surface area contributed by atoms with E-state index in [1.165, 1.54) is 6.92 Å². The fraction of sp³-hybridized carbons (Fsp3) is 0.909. The van der Waals surface area contributed by atoms with E-state index >= 15 is 0 Å². The van der Waals surface area contributed by atoms with Crippen LogP contribution in [0.5, 0.6) is 0 Å². The fourth-order valence-corrected chi connectivity index (χ4v) is 7.28. The van der Waals surface area contributed by atoms with Gasteiger partial charge in [0.2, 0.25) is 0 Å². The summed E-state index contributed by atoms with van der Waals surface area (Å²) in [5.74, 6) is -0.890. The minimum atomic E-state index is -0.801. The van der Waals surface area contributed by atoms with Gasteiger partial charge in [-0.1, -0.05) is 34.1 Å². The van der Waals surface area contributed by atoms with Crippen molar-refractivity contribution < 1.29 is 28.9 Å². The topological polar surface area (TPSA) is 82.1 Å². The van der Waals surface area contributed by atoms with E-state index in [-0.39, 0.29) is 28.4 Å². The third-order valence-electron chi connectivity index (χ3n) is 8.45. The van der Waals surface area contributed by atoms with Crippen LogP contribution in [0.25, 0.3) is 0 Å². The van der Waals surface area contributed by atoms with Gasteiger partial charge in [0.1, 0.15) is 0 Å². The molecule has 2 aliphatic carbocycles. The highest BCUT2D eigenvalue weighted by Gasteiger charge is 2.72. The molecule has 0 bridgehead atoms. The van der Waals surface area contributed by atoms with Gasteiger partial charge in [0.15, 0.2) is 18.2 Å². The van der Waals surface area contributed by atoms with Crippen LogP contribution in [0.15, 0.2) is 0 Å². The van der Waals surface area contributed by atoms with Crippen molar-refractivity contribution in [2.24, 2.45) is 22.7 Å². The Hall–Kier alpha value is -0.980. The molecule has 158 valence electrons. The van der Waals surface area contributed by atoms with Crippen molar-refractivity contribution >= 4 is 11.8 Å². The van der Waals surface area contributed by atoms with Crippen LogP contribution < -0.4 is 0 Å². The maximum atomic E-state index is 13.5. The minimum absolute atomic E-state index is 0.0239. The van der Waals surface area contributed by atoms with Crippen molar-refractivity contribution in [1.82, 2.24) is 0 Å². The zero-order valence-electron chi connectivity index (χ0n) is 17.7. The standard InChI is InChI=1S/C22H34O6/c1-13-16(25)17(27-14(2)23)18-19(3,4)7-6-8-20(18,5)22(13)10-9-21(28-22)11-15(24)26-12-21/h13,15,17-18,24H,6-12H2,1-5H3/t13-,15+,17-,18+,20+,21-,22-/m1/s1. The highest BCUT2D eigenvalue weighted by Crippen LogP contribution is 2.67. The van der Waals surface area contributed by atoms with E-state index in [1.54, 1.807) is 0 Å². The van der Waals surface area contributed by atoms with Gasteiger partial charge in [0.25, 0.3) is 0 Å². The first-order valence-corrected chi connectivity index (χ1v) is 10.7. The van der Waals surface area contributed by atoms with Gasteiger partial charge in [0, 0.05) is 30.6 Å². The zero-order valence-corrected chi connectivity index (χ0v) is 17.7. The first-order chi connectivity index (χ1) is 13.0. The summed E-state index contributed by atoms with van der Waals surface area (Å²) in [7, 11) is 0. The number of esters is 1. The zero-order chi connectivity index (χ0) is 20.5. The van der Waals surface area contributed by atoms with Gasteiger partial charge in [-0.3, -0.25) is 9.59 Å². The predicted molar refractivity (Wildman–Crippen MR) is 101 cm³/mol. The van der Waals surface area contributed by atoms with E-state index in [1.807, 2.05) is 6.92 Å². The molecular formula is C22H34O6. The highest BCUT2D eigenvalue weighted by atomic mass is 16.6. The molecule has 7 atom stereocenters. The molecule has 1 N–H and O–H groups in total. The summed E-state index contributed by atoms with van der Waals surface area (Å²) in [6, 6.07) is 0. The van der Waals surface area contributed by atoms with Crippen LogP contribution in [0.3, 0.4) is 0 Å². The van der Waals surface area contributed by atoms with Gasteiger partial charge in [-0.25, -0.2) is 0 Å². The third-order valence-corrected chi connectivity index (χ3v) is 8.45. The third kappa shape index (κ3) is 2.63. The van der Waals surface area contributed by atoms with E-state index in [9.17, 15) is 14.7 Å². The largest absolute Gasteiger partial charge is 0.454 e. The summed E-state index contributed by atoms with van der Waals surface area (Å²) < 4.78 is 18.0. The van der Waals surface area contributed by atoms with E-state index < -0.39 is 29.6 Å². The molecular weight excluding hydrogens is 360 g/mol. The number of rotatable bonds is 1. The number of ketones is 1. The van der Waals surface area contributed by atoms with Crippen molar-refractivity contribution in [3.05, 3.63) is 0 Å². The fourth-order valence-electron chi connectivity index (χ4n) is 7.28. The lowest BCUT2D eigenvalue weighted by molar-refractivity contribution is -0.260. The van der Waals surface area contributed by atoms with Gasteiger partial charge in [-0.05, 0) is 31.1 Å². The molecule has 0 aromatic carbocycles. The summed E-state index contributed by atoms with van der Waals surface area (Å²) in [5.41, 5.74) is -1.56. The number of carbonyl (C=O) groups is 2. The Labute approximate surface area is 167 Å². The van der Waals surface area contributed by atoms with Crippen molar-refractivity contribution in [3.8, 4) is 0 Å². The summed E-state index contributed by atoms with van der Waals surface area (Å²) in [4.78, 5) is 25.4. The molecule has 0 unspecified atom stereocenters.